The molecule has 20 heavy (non-hydrogen) atoms. The molecule has 1 fully saturated rings. The molecule has 0 radical (unpaired) electrons. The third kappa shape index (κ3) is 2.80. The van der Waals surface area contributed by atoms with Gasteiger partial charge in [0.25, 0.3) is 0 Å². The van der Waals surface area contributed by atoms with Crippen LogP contribution in [0.25, 0.3) is 10.8 Å². The first kappa shape index (κ1) is 13.8. The van der Waals surface area contributed by atoms with Gasteiger partial charge in [0.15, 0.2) is 0 Å². The Morgan fingerprint density at radius 2 is 2.35 bits per heavy atom. The topological polar surface area (TPSA) is 49.5 Å². The van der Waals surface area contributed by atoms with Crippen LogP contribution in [0.2, 0.25) is 0 Å². The molecule has 108 valence electrons. The largest absolute Gasteiger partial charge is 0.440 e. The summed E-state index contributed by atoms with van der Waals surface area (Å²) < 4.78 is 5.78. The molecule has 2 aromatic rings. The molecule has 3 rings (SSSR count). The fourth-order valence-electron chi connectivity index (χ4n) is 2.54. The Kier molecular flexibility index (Phi) is 4.19. The second-order valence-electron chi connectivity index (χ2n) is 5.28. The van der Waals surface area contributed by atoms with Crippen molar-refractivity contribution in [3.05, 3.63) is 29.0 Å². The minimum atomic E-state index is 0.200. The van der Waals surface area contributed by atoms with Gasteiger partial charge in [0.1, 0.15) is 5.76 Å². The van der Waals surface area contributed by atoms with Crippen LogP contribution in [-0.4, -0.2) is 34.2 Å². The van der Waals surface area contributed by atoms with Gasteiger partial charge in [-0.05, 0) is 31.2 Å². The van der Waals surface area contributed by atoms with E-state index in [1.165, 1.54) is 19.3 Å². The Morgan fingerprint density at radius 1 is 1.50 bits per heavy atom. The number of aliphatic hydroxyl groups is 1. The fourth-order valence-corrected chi connectivity index (χ4v) is 3.19. The summed E-state index contributed by atoms with van der Waals surface area (Å²) in [6.07, 6.45) is 3.76. The van der Waals surface area contributed by atoms with Crippen LogP contribution in [0.5, 0.6) is 0 Å². The fraction of sp³-hybridized carbons (Fsp3) is 0.533. The number of aromatic nitrogens is 1. The zero-order chi connectivity index (χ0) is 13.9. The number of hydrogen-bond donors (Lipinski definition) is 1. The Hall–Kier alpha value is -1.17. The lowest BCUT2D eigenvalue weighted by molar-refractivity contribution is 0.0931. The van der Waals surface area contributed by atoms with E-state index in [9.17, 15) is 5.11 Å². The summed E-state index contributed by atoms with van der Waals surface area (Å²) in [5, 5.41) is 11.3. The van der Waals surface area contributed by atoms with Gasteiger partial charge >= 0.3 is 0 Å². The number of hydrogen-bond acceptors (Lipinski definition) is 5. The van der Waals surface area contributed by atoms with Crippen LogP contribution in [0.4, 0.5) is 0 Å². The average molecular weight is 292 g/mol. The number of aryl methyl sites for hydroxylation is 1. The Bertz CT molecular complexity index is 546. The summed E-state index contributed by atoms with van der Waals surface area (Å²) in [6.45, 7) is 3.65. The van der Waals surface area contributed by atoms with Gasteiger partial charge in [-0.15, -0.1) is 11.3 Å². The molecule has 0 bridgehead atoms. The molecule has 1 N–H and O–H groups in total. The van der Waals surface area contributed by atoms with Gasteiger partial charge in [-0.1, -0.05) is 12.5 Å². The summed E-state index contributed by atoms with van der Waals surface area (Å²) in [6, 6.07) is 4.63. The molecular formula is C15H20N2O2S. The maximum atomic E-state index is 9.22. The number of thiophene rings is 1. The van der Waals surface area contributed by atoms with Gasteiger partial charge in [-0.25, -0.2) is 4.98 Å². The van der Waals surface area contributed by atoms with Gasteiger partial charge in [0.05, 0.1) is 17.2 Å². The molecule has 0 saturated heterocycles. The predicted octanol–water partition coefficient (Wildman–Crippen LogP) is 3.06. The van der Waals surface area contributed by atoms with Crippen molar-refractivity contribution >= 4 is 11.3 Å². The summed E-state index contributed by atoms with van der Waals surface area (Å²) in [5.41, 5.74) is 0.994. The molecule has 5 heteroatoms. The molecular weight excluding hydrogens is 272 g/mol. The van der Waals surface area contributed by atoms with Gasteiger partial charge in [-0.3, -0.25) is 4.90 Å². The Balaban J connectivity index is 1.75. The van der Waals surface area contributed by atoms with Gasteiger partial charge in [-0.2, -0.15) is 0 Å². The molecule has 0 aromatic carbocycles. The summed E-state index contributed by atoms with van der Waals surface area (Å²) in [7, 11) is 0. The molecule has 1 aliphatic carbocycles. The van der Waals surface area contributed by atoms with E-state index < -0.39 is 0 Å². The molecule has 0 amide bonds. The van der Waals surface area contributed by atoms with Gasteiger partial charge < -0.3 is 9.52 Å². The average Bonchev–Trinajstić information content (AvgIpc) is 2.98. The summed E-state index contributed by atoms with van der Waals surface area (Å²) in [4.78, 5) is 8.03. The molecule has 0 unspecified atom stereocenters. The lowest BCUT2D eigenvalue weighted by Crippen LogP contribution is -2.41. The van der Waals surface area contributed by atoms with E-state index in [4.69, 9.17) is 4.42 Å². The number of aliphatic hydroxyl groups excluding tert-OH is 1. The Labute approximate surface area is 123 Å². The number of nitrogens with zero attached hydrogens (tertiary/aromatic N) is 2. The van der Waals surface area contributed by atoms with Crippen molar-refractivity contribution in [2.75, 3.05) is 13.2 Å². The Morgan fingerprint density at radius 3 is 2.95 bits per heavy atom. The predicted molar refractivity (Wildman–Crippen MR) is 79.7 cm³/mol. The van der Waals surface area contributed by atoms with Crippen LogP contribution in [0.1, 0.15) is 30.7 Å². The van der Waals surface area contributed by atoms with Crippen LogP contribution >= 0.6 is 11.3 Å². The van der Waals surface area contributed by atoms with Crippen molar-refractivity contribution in [2.45, 2.75) is 38.8 Å². The highest BCUT2D eigenvalue weighted by atomic mass is 32.1. The highest BCUT2D eigenvalue weighted by Gasteiger charge is 2.26. The second-order valence-corrected chi connectivity index (χ2v) is 6.23. The zero-order valence-corrected chi connectivity index (χ0v) is 12.5. The van der Waals surface area contributed by atoms with E-state index in [2.05, 4.69) is 9.88 Å². The quantitative estimate of drug-likeness (QED) is 0.889. The van der Waals surface area contributed by atoms with Crippen molar-refractivity contribution in [2.24, 2.45) is 0 Å². The highest BCUT2D eigenvalue weighted by molar-refractivity contribution is 7.13. The van der Waals surface area contributed by atoms with E-state index in [1.807, 2.05) is 24.4 Å². The standard InChI is InChI=1S/C15H20N2O2S/c1-11-13(10-17(7-8-18)12-4-2-5-12)16-15(19-11)14-6-3-9-20-14/h3,6,9,12,18H,2,4-5,7-8,10H2,1H3. The lowest BCUT2D eigenvalue weighted by atomic mass is 9.91. The van der Waals surface area contributed by atoms with E-state index in [0.29, 0.717) is 18.5 Å². The molecule has 0 aliphatic heterocycles. The third-order valence-electron chi connectivity index (χ3n) is 3.96. The first-order chi connectivity index (χ1) is 9.78. The maximum absolute atomic E-state index is 9.22. The number of rotatable bonds is 6. The molecule has 0 spiro atoms. The van der Waals surface area contributed by atoms with Gasteiger partial charge in [0.2, 0.25) is 5.89 Å². The third-order valence-corrected chi connectivity index (χ3v) is 4.81. The number of oxazole rings is 1. The van der Waals surface area contributed by atoms with Crippen molar-refractivity contribution in [3.8, 4) is 10.8 Å². The first-order valence-electron chi connectivity index (χ1n) is 7.13. The maximum Gasteiger partial charge on any atom is 0.236 e. The molecule has 0 atom stereocenters. The summed E-state index contributed by atoms with van der Waals surface area (Å²) >= 11 is 1.64. The van der Waals surface area contributed by atoms with Crippen molar-refractivity contribution < 1.29 is 9.52 Å². The molecule has 1 saturated carbocycles. The van der Waals surface area contributed by atoms with Gasteiger partial charge in [0, 0.05) is 19.1 Å². The van der Waals surface area contributed by atoms with E-state index in [-0.39, 0.29) is 6.61 Å². The minimum absolute atomic E-state index is 0.200. The normalized spacial score (nSPS) is 15.8. The molecule has 1 aliphatic rings. The van der Waals surface area contributed by atoms with Crippen LogP contribution in [0.15, 0.2) is 21.9 Å². The van der Waals surface area contributed by atoms with E-state index >= 15 is 0 Å². The highest BCUT2D eigenvalue weighted by Crippen LogP contribution is 2.29. The van der Waals surface area contributed by atoms with Crippen LogP contribution in [0.3, 0.4) is 0 Å². The minimum Gasteiger partial charge on any atom is -0.440 e. The summed E-state index contributed by atoms with van der Waals surface area (Å²) in [5.74, 6) is 1.60. The molecule has 2 aromatic heterocycles. The first-order valence-corrected chi connectivity index (χ1v) is 8.01. The smallest absolute Gasteiger partial charge is 0.236 e. The SMILES string of the molecule is Cc1oc(-c2cccs2)nc1CN(CCO)C1CCC1. The second kappa shape index (κ2) is 6.08. The van der Waals surface area contributed by atoms with Crippen LogP contribution < -0.4 is 0 Å². The monoisotopic (exact) mass is 292 g/mol. The van der Waals surface area contributed by atoms with Crippen LogP contribution in [0, 0.1) is 6.92 Å². The van der Waals surface area contributed by atoms with E-state index in [0.717, 1.165) is 22.9 Å². The van der Waals surface area contributed by atoms with Crippen molar-refractivity contribution in [1.29, 1.82) is 0 Å². The zero-order valence-electron chi connectivity index (χ0n) is 11.7. The van der Waals surface area contributed by atoms with Crippen LogP contribution in [-0.2, 0) is 6.54 Å². The van der Waals surface area contributed by atoms with Crippen molar-refractivity contribution in [3.63, 3.8) is 0 Å². The van der Waals surface area contributed by atoms with Crippen molar-refractivity contribution in [1.82, 2.24) is 9.88 Å². The molecule has 4 nitrogen and oxygen atoms in total. The lowest BCUT2D eigenvalue weighted by Gasteiger charge is -2.36. The van der Waals surface area contributed by atoms with E-state index in [1.54, 1.807) is 11.3 Å². The molecule has 2 heterocycles.